The summed E-state index contributed by atoms with van der Waals surface area (Å²) >= 11 is 0. The van der Waals surface area contributed by atoms with E-state index in [0.29, 0.717) is 43.1 Å². The van der Waals surface area contributed by atoms with Gasteiger partial charge in [0, 0.05) is 50.1 Å². The second-order valence-electron chi connectivity index (χ2n) is 8.50. The number of piperidine rings is 1. The third kappa shape index (κ3) is 3.56. The minimum Gasteiger partial charge on any atom is -0.376 e. The minimum absolute atomic E-state index is 0.127. The van der Waals surface area contributed by atoms with Crippen molar-refractivity contribution in [3.05, 3.63) is 34.9 Å². The summed E-state index contributed by atoms with van der Waals surface area (Å²) in [6, 6.07) is 5.72. The van der Waals surface area contributed by atoms with E-state index in [9.17, 15) is 14.4 Å². The molecule has 3 N–H and O–H groups in total. The zero-order chi connectivity index (χ0) is 20.0. The first-order chi connectivity index (χ1) is 14.1. The molecule has 3 atom stereocenters. The van der Waals surface area contributed by atoms with E-state index < -0.39 is 6.04 Å². The van der Waals surface area contributed by atoms with Crippen LogP contribution in [0.25, 0.3) is 0 Å². The van der Waals surface area contributed by atoms with Crippen LogP contribution in [0.1, 0.15) is 40.7 Å². The number of ether oxygens (including phenoxy) is 1. The Bertz CT molecular complexity index is 853. The molecule has 1 aromatic carbocycles. The van der Waals surface area contributed by atoms with Crippen molar-refractivity contribution in [3.8, 4) is 0 Å². The minimum atomic E-state index is -0.567. The molecule has 154 valence electrons. The number of hydrogen-bond donors (Lipinski definition) is 3. The van der Waals surface area contributed by atoms with Gasteiger partial charge in [-0.25, -0.2) is 0 Å². The summed E-state index contributed by atoms with van der Waals surface area (Å²) in [6.07, 6.45) is 2.03. The van der Waals surface area contributed by atoms with E-state index in [1.807, 2.05) is 18.2 Å². The molecule has 4 aliphatic heterocycles. The Balaban J connectivity index is 1.20. The first kappa shape index (κ1) is 18.7. The van der Waals surface area contributed by atoms with Gasteiger partial charge in [0.2, 0.25) is 11.8 Å². The summed E-state index contributed by atoms with van der Waals surface area (Å²) in [5.41, 5.74) is 2.65. The number of rotatable bonds is 5. The Labute approximate surface area is 169 Å². The molecule has 5 rings (SSSR count). The smallest absolute Gasteiger partial charge is 0.255 e. The summed E-state index contributed by atoms with van der Waals surface area (Å²) in [7, 11) is 0. The molecule has 3 saturated heterocycles. The van der Waals surface area contributed by atoms with E-state index in [1.165, 1.54) is 0 Å². The number of carbonyl (C=O) groups excluding carboxylic acids is 3. The van der Waals surface area contributed by atoms with Crippen molar-refractivity contribution in [3.63, 3.8) is 0 Å². The number of amides is 3. The van der Waals surface area contributed by atoms with Crippen LogP contribution in [0.2, 0.25) is 0 Å². The molecule has 0 spiro atoms. The van der Waals surface area contributed by atoms with Gasteiger partial charge in [-0.05, 0) is 30.0 Å². The van der Waals surface area contributed by atoms with E-state index in [1.54, 1.807) is 4.90 Å². The highest BCUT2D eigenvalue weighted by atomic mass is 16.5. The van der Waals surface area contributed by atoms with Crippen molar-refractivity contribution >= 4 is 17.7 Å². The van der Waals surface area contributed by atoms with Crippen LogP contribution < -0.4 is 16.0 Å². The molecule has 4 heterocycles. The van der Waals surface area contributed by atoms with Crippen LogP contribution in [0.3, 0.4) is 0 Å². The number of nitrogens with zero attached hydrogens (tertiary/aromatic N) is 1. The van der Waals surface area contributed by atoms with Crippen molar-refractivity contribution in [1.82, 2.24) is 20.9 Å². The quantitative estimate of drug-likeness (QED) is 0.600. The van der Waals surface area contributed by atoms with Gasteiger partial charge in [-0.15, -0.1) is 0 Å². The van der Waals surface area contributed by atoms with Gasteiger partial charge >= 0.3 is 0 Å². The second-order valence-corrected chi connectivity index (χ2v) is 8.50. The molecular weight excluding hydrogens is 372 g/mol. The Kier molecular flexibility index (Phi) is 4.85. The lowest BCUT2D eigenvalue weighted by Gasteiger charge is -2.31. The van der Waals surface area contributed by atoms with Crippen LogP contribution in [0.5, 0.6) is 0 Å². The Morgan fingerprint density at radius 2 is 2.07 bits per heavy atom. The van der Waals surface area contributed by atoms with E-state index in [0.717, 1.165) is 37.2 Å². The molecule has 8 heteroatoms. The number of fused-ring (bicyclic) bond motifs is 1. The topological polar surface area (TPSA) is 99.8 Å². The molecule has 0 saturated carbocycles. The summed E-state index contributed by atoms with van der Waals surface area (Å²) in [6.45, 7) is 3.93. The number of nitrogens with one attached hydrogen (secondary N) is 3. The zero-order valence-electron chi connectivity index (χ0n) is 16.3. The van der Waals surface area contributed by atoms with Crippen molar-refractivity contribution in [1.29, 1.82) is 0 Å². The predicted octanol–water partition coefficient (Wildman–Crippen LogP) is -0.0859. The third-order valence-corrected chi connectivity index (χ3v) is 6.55. The predicted molar refractivity (Wildman–Crippen MR) is 104 cm³/mol. The monoisotopic (exact) mass is 398 g/mol. The van der Waals surface area contributed by atoms with Gasteiger partial charge in [0.15, 0.2) is 0 Å². The largest absolute Gasteiger partial charge is 0.376 e. The highest BCUT2D eigenvalue weighted by molar-refractivity contribution is 6.05. The van der Waals surface area contributed by atoms with Gasteiger partial charge in [-0.2, -0.15) is 0 Å². The second kappa shape index (κ2) is 7.51. The van der Waals surface area contributed by atoms with Crippen LogP contribution in [0.15, 0.2) is 18.2 Å². The summed E-state index contributed by atoms with van der Waals surface area (Å²) in [4.78, 5) is 38.0. The lowest BCUT2D eigenvalue weighted by atomic mass is 9.93. The summed E-state index contributed by atoms with van der Waals surface area (Å²) in [5, 5.41) is 9.18. The van der Waals surface area contributed by atoms with Crippen LogP contribution >= 0.6 is 0 Å². The zero-order valence-corrected chi connectivity index (χ0v) is 16.3. The Hall–Kier alpha value is -2.29. The molecule has 0 radical (unpaired) electrons. The summed E-state index contributed by atoms with van der Waals surface area (Å²) in [5.74, 6) is -0.131. The van der Waals surface area contributed by atoms with Crippen molar-refractivity contribution in [2.24, 2.45) is 5.92 Å². The van der Waals surface area contributed by atoms with E-state index in [2.05, 4.69) is 16.0 Å². The van der Waals surface area contributed by atoms with Crippen LogP contribution in [-0.4, -0.2) is 60.5 Å². The average molecular weight is 398 g/mol. The molecule has 3 fully saturated rings. The fraction of sp³-hybridized carbons (Fsp3) is 0.571. The lowest BCUT2D eigenvalue weighted by Crippen LogP contribution is -2.52. The van der Waals surface area contributed by atoms with Gasteiger partial charge in [0.25, 0.3) is 5.91 Å². The highest BCUT2D eigenvalue weighted by Gasteiger charge is 2.39. The molecule has 0 aromatic heterocycles. The Morgan fingerprint density at radius 3 is 2.83 bits per heavy atom. The van der Waals surface area contributed by atoms with Crippen LogP contribution in [-0.2, 0) is 27.4 Å². The average Bonchev–Trinajstić information content (AvgIpc) is 3.24. The molecule has 0 aliphatic carbocycles. The Morgan fingerprint density at radius 1 is 1.21 bits per heavy atom. The maximum atomic E-state index is 12.9. The normalized spacial score (nSPS) is 29.7. The SMILES string of the molecule is O=C1CCC(N2Cc3ccc(CNC4COC(C5CNC5)C4)cc3C2=O)C(=O)N1. The van der Waals surface area contributed by atoms with Crippen LogP contribution in [0.4, 0.5) is 0 Å². The molecular formula is C21H26N4O4. The molecule has 3 amide bonds. The van der Waals surface area contributed by atoms with Gasteiger partial charge in [0.05, 0.1) is 12.7 Å². The van der Waals surface area contributed by atoms with E-state index >= 15 is 0 Å². The van der Waals surface area contributed by atoms with Gasteiger partial charge in [-0.3, -0.25) is 19.7 Å². The van der Waals surface area contributed by atoms with Crippen LogP contribution in [0, 0.1) is 5.92 Å². The maximum Gasteiger partial charge on any atom is 0.255 e. The molecule has 3 unspecified atom stereocenters. The molecule has 4 aliphatic rings. The van der Waals surface area contributed by atoms with Crippen molar-refractivity contribution in [2.75, 3.05) is 19.7 Å². The van der Waals surface area contributed by atoms with Crippen molar-refractivity contribution < 1.29 is 19.1 Å². The molecule has 8 nitrogen and oxygen atoms in total. The number of imide groups is 1. The maximum absolute atomic E-state index is 12.9. The number of benzene rings is 1. The first-order valence-corrected chi connectivity index (χ1v) is 10.4. The lowest BCUT2D eigenvalue weighted by molar-refractivity contribution is -0.136. The van der Waals surface area contributed by atoms with Gasteiger partial charge in [0.1, 0.15) is 6.04 Å². The fourth-order valence-corrected chi connectivity index (χ4v) is 4.67. The highest BCUT2D eigenvalue weighted by Crippen LogP contribution is 2.28. The molecule has 1 aromatic rings. The van der Waals surface area contributed by atoms with E-state index in [4.69, 9.17) is 4.74 Å². The first-order valence-electron chi connectivity index (χ1n) is 10.4. The number of hydrogen-bond acceptors (Lipinski definition) is 6. The fourth-order valence-electron chi connectivity index (χ4n) is 4.67. The third-order valence-electron chi connectivity index (χ3n) is 6.55. The van der Waals surface area contributed by atoms with Crippen molar-refractivity contribution in [2.45, 2.75) is 50.5 Å². The van der Waals surface area contributed by atoms with Gasteiger partial charge < -0.3 is 20.3 Å². The summed E-state index contributed by atoms with van der Waals surface area (Å²) < 4.78 is 5.92. The number of carbonyl (C=O) groups is 3. The van der Waals surface area contributed by atoms with E-state index in [-0.39, 0.29) is 24.1 Å². The standard InChI is InChI=1S/C21H26N4O4/c26-19-4-3-17(20(27)24-19)25-10-13-2-1-12(5-16(13)21(25)28)7-23-15-6-18(29-11-15)14-8-22-9-14/h1-2,5,14-15,17-18,22-23H,3-4,6-11H2,(H,24,26,27). The van der Waals surface area contributed by atoms with Gasteiger partial charge in [-0.1, -0.05) is 12.1 Å². The molecule has 0 bridgehead atoms. The molecule has 29 heavy (non-hydrogen) atoms.